The summed E-state index contributed by atoms with van der Waals surface area (Å²) in [6.07, 6.45) is 0. The molecule has 0 aromatic heterocycles. The summed E-state index contributed by atoms with van der Waals surface area (Å²) in [7, 11) is -3.69. The fourth-order valence-corrected chi connectivity index (χ4v) is 5.13. The van der Waals surface area contributed by atoms with Crippen LogP contribution in [0, 0.1) is 18.3 Å². The Morgan fingerprint density at radius 3 is 2.76 bits per heavy atom. The number of aryl methyl sites for hydroxylation is 1. The molecule has 2 aromatic rings. The molecule has 1 saturated heterocycles. The monoisotopic (exact) mass is 375 g/mol. The summed E-state index contributed by atoms with van der Waals surface area (Å²) in [5, 5.41) is 12.8. The van der Waals surface area contributed by atoms with Gasteiger partial charge in [0, 0.05) is 24.7 Å². The first kappa shape index (κ1) is 17.9. The third-order valence-electron chi connectivity index (χ3n) is 4.32. The average Bonchev–Trinajstić information content (AvgIpc) is 2.61. The predicted molar refractivity (Wildman–Crippen MR) is 96.8 cm³/mol. The molecule has 25 heavy (non-hydrogen) atoms. The highest BCUT2D eigenvalue weighted by molar-refractivity contribution is 7.89. The Labute approximate surface area is 152 Å². The molecule has 0 aliphatic carbocycles. The molecule has 2 aromatic carbocycles. The van der Waals surface area contributed by atoms with Crippen molar-refractivity contribution in [3.8, 4) is 6.07 Å². The van der Waals surface area contributed by atoms with Gasteiger partial charge in [-0.05, 0) is 48.4 Å². The van der Waals surface area contributed by atoms with Gasteiger partial charge >= 0.3 is 0 Å². The zero-order valence-corrected chi connectivity index (χ0v) is 15.3. The number of nitrogens with zero attached hydrogens (tertiary/aromatic N) is 2. The van der Waals surface area contributed by atoms with E-state index in [4.69, 9.17) is 16.9 Å². The number of halogens is 1. The van der Waals surface area contributed by atoms with Crippen LogP contribution in [0.15, 0.2) is 47.4 Å². The lowest BCUT2D eigenvalue weighted by molar-refractivity contribution is 0.271. The molecule has 0 saturated carbocycles. The molecular formula is C18H18ClN3O2S. The highest BCUT2D eigenvalue weighted by Gasteiger charge is 2.35. The first-order valence-electron chi connectivity index (χ1n) is 7.92. The van der Waals surface area contributed by atoms with Crippen LogP contribution in [0.25, 0.3) is 0 Å². The maximum Gasteiger partial charge on any atom is 0.243 e. The molecule has 1 fully saturated rings. The number of nitriles is 1. The van der Waals surface area contributed by atoms with Crippen molar-refractivity contribution in [1.29, 1.82) is 5.26 Å². The Balaban J connectivity index is 2.03. The van der Waals surface area contributed by atoms with Gasteiger partial charge in [-0.25, -0.2) is 8.42 Å². The van der Waals surface area contributed by atoms with E-state index in [0.717, 1.165) is 5.56 Å². The molecular weight excluding hydrogens is 358 g/mol. The SMILES string of the molecule is Cc1cc(C#N)ccc1S(=O)(=O)N1CCNCC1c1cccc(Cl)c1. The molecule has 1 aliphatic rings. The van der Waals surface area contributed by atoms with E-state index in [1.165, 1.54) is 16.4 Å². The third-order valence-corrected chi connectivity index (χ3v) is 6.62. The van der Waals surface area contributed by atoms with E-state index < -0.39 is 10.0 Å². The Kier molecular flexibility index (Phi) is 5.11. The number of hydrogen-bond acceptors (Lipinski definition) is 4. The third kappa shape index (κ3) is 3.55. The summed E-state index contributed by atoms with van der Waals surface area (Å²) in [5.74, 6) is 0. The van der Waals surface area contributed by atoms with E-state index in [0.29, 0.717) is 35.8 Å². The van der Waals surface area contributed by atoms with Crippen molar-refractivity contribution >= 4 is 21.6 Å². The lowest BCUT2D eigenvalue weighted by atomic mass is 10.1. The summed E-state index contributed by atoms with van der Waals surface area (Å²) in [6.45, 7) is 3.20. The van der Waals surface area contributed by atoms with Crippen LogP contribution in [-0.4, -0.2) is 32.4 Å². The summed E-state index contributed by atoms with van der Waals surface area (Å²) in [5.41, 5.74) is 1.88. The van der Waals surface area contributed by atoms with E-state index in [2.05, 4.69) is 5.32 Å². The van der Waals surface area contributed by atoms with Gasteiger partial charge in [-0.2, -0.15) is 9.57 Å². The summed E-state index contributed by atoms with van der Waals surface area (Å²) in [6, 6.07) is 13.6. The van der Waals surface area contributed by atoms with Gasteiger partial charge in [0.1, 0.15) is 0 Å². The quantitative estimate of drug-likeness (QED) is 0.895. The first-order chi connectivity index (χ1) is 11.9. The number of piperazine rings is 1. The Hall–Kier alpha value is -1.91. The molecule has 1 aliphatic heterocycles. The number of rotatable bonds is 3. The normalized spacial score (nSPS) is 18.7. The van der Waals surface area contributed by atoms with E-state index in [1.54, 1.807) is 25.1 Å². The van der Waals surface area contributed by atoms with Gasteiger partial charge in [0.2, 0.25) is 10.0 Å². The van der Waals surface area contributed by atoms with Crippen molar-refractivity contribution in [3.05, 3.63) is 64.2 Å². The summed E-state index contributed by atoms with van der Waals surface area (Å²) < 4.78 is 28.0. The minimum Gasteiger partial charge on any atom is -0.313 e. The van der Waals surface area contributed by atoms with Gasteiger partial charge in [-0.1, -0.05) is 23.7 Å². The van der Waals surface area contributed by atoms with Crippen molar-refractivity contribution < 1.29 is 8.42 Å². The van der Waals surface area contributed by atoms with Crippen LogP contribution >= 0.6 is 11.6 Å². The minimum absolute atomic E-state index is 0.237. The molecule has 0 radical (unpaired) electrons. The van der Waals surface area contributed by atoms with Crippen molar-refractivity contribution in [1.82, 2.24) is 9.62 Å². The van der Waals surface area contributed by atoms with Crippen LogP contribution < -0.4 is 5.32 Å². The smallest absolute Gasteiger partial charge is 0.243 e. The van der Waals surface area contributed by atoms with Crippen molar-refractivity contribution in [2.45, 2.75) is 17.9 Å². The molecule has 130 valence electrons. The second-order valence-corrected chi connectivity index (χ2v) is 8.28. The summed E-state index contributed by atoms with van der Waals surface area (Å²) in [4.78, 5) is 0.237. The minimum atomic E-state index is -3.69. The maximum absolute atomic E-state index is 13.3. The van der Waals surface area contributed by atoms with Crippen LogP contribution in [-0.2, 0) is 10.0 Å². The molecule has 1 N–H and O–H groups in total. The topological polar surface area (TPSA) is 73.2 Å². The Bertz CT molecular complexity index is 938. The molecule has 0 spiro atoms. The number of sulfonamides is 1. The number of benzene rings is 2. The van der Waals surface area contributed by atoms with E-state index >= 15 is 0 Å². The highest BCUT2D eigenvalue weighted by atomic mass is 35.5. The predicted octanol–water partition coefficient (Wildman–Crippen LogP) is 2.86. The standard InChI is InChI=1S/C18H18ClN3O2S/c1-13-9-14(11-20)5-6-18(13)25(23,24)22-8-7-21-12-17(22)15-3-2-4-16(19)10-15/h2-6,9-10,17,21H,7-8,12H2,1H3. The Morgan fingerprint density at radius 1 is 1.28 bits per heavy atom. The fraction of sp³-hybridized carbons (Fsp3) is 0.278. The maximum atomic E-state index is 13.3. The molecule has 1 atom stereocenters. The zero-order chi connectivity index (χ0) is 18.0. The molecule has 7 heteroatoms. The molecule has 1 unspecified atom stereocenters. The van der Waals surface area contributed by atoms with Crippen LogP contribution in [0.4, 0.5) is 0 Å². The van der Waals surface area contributed by atoms with Crippen molar-refractivity contribution in [2.75, 3.05) is 19.6 Å². The summed E-state index contributed by atoms with van der Waals surface area (Å²) >= 11 is 6.08. The highest BCUT2D eigenvalue weighted by Crippen LogP contribution is 2.31. The molecule has 0 bridgehead atoms. The Morgan fingerprint density at radius 2 is 2.08 bits per heavy atom. The molecule has 1 heterocycles. The molecule has 0 amide bonds. The van der Waals surface area contributed by atoms with E-state index in [-0.39, 0.29) is 10.9 Å². The van der Waals surface area contributed by atoms with Gasteiger partial charge < -0.3 is 5.32 Å². The molecule has 3 rings (SSSR count). The van der Waals surface area contributed by atoms with Gasteiger partial charge in [-0.3, -0.25) is 0 Å². The van der Waals surface area contributed by atoms with Gasteiger partial charge in [0.15, 0.2) is 0 Å². The van der Waals surface area contributed by atoms with E-state index in [1.807, 2.05) is 18.2 Å². The van der Waals surface area contributed by atoms with Crippen LogP contribution in [0.3, 0.4) is 0 Å². The molecule has 5 nitrogen and oxygen atoms in total. The largest absolute Gasteiger partial charge is 0.313 e. The van der Waals surface area contributed by atoms with Gasteiger partial charge in [0.25, 0.3) is 0 Å². The van der Waals surface area contributed by atoms with Gasteiger partial charge in [0.05, 0.1) is 22.6 Å². The van der Waals surface area contributed by atoms with E-state index in [9.17, 15) is 8.42 Å². The lowest BCUT2D eigenvalue weighted by Crippen LogP contribution is -2.48. The van der Waals surface area contributed by atoms with Crippen molar-refractivity contribution in [2.24, 2.45) is 0 Å². The second kappa shape index (κ2) is 7.14. The zero-order valence-electron chi connectivity index (χ0n) is 13.7. The van der Waals surface area contributed by atoms with Crippen molar-refractivity contribution in [3.63, 3.8) is 0 Å². The second-order valence-electron chi connectivity index (χ2n) is 5.98. The van der Waals surface area contributed by atoms with Crippen LogP contribution in [0.5, 0.6) is 0 Å². The lowest BCUT2D eigenvalue weighted by Gasteiger charge is -2.35. The first-order valence-corrected chi connectivity index (χ1v) is 9.74. The number of nitrogens with one attached hydrogen (secondary N) is 1. The fourth-order valence-electron chi connectivity index (χ4n) is 3.11. The van der Waals surface area contributed by atoms with Crippen LogP contribution in [0.2, 0.25) is 5.02 Å². The van der Waals surface area contributed by atoms with Crippen LogP contribution in [0.1, 0.15) is 22.7 Å². The average molecular weight is 376 g/mol. The number of hydrogen-bond donors (Lipinski definition) is 1. The van der Waals surface area contributed by atoms with Gasteiger partial charge in [-0.15, -0.1) is 0 Å².